The van der Waals surface area contributed by atoms with Crippen molar-refractivity contribution < 1.29 is 22.5 Å². The van der Waals surface area contributed by atoms with Gasteiger partial charge in [0.05, 0.1) is 0 Å². The molecule has 2 aromatic carbocycles. The Morgan fingerprint density at radius 3 is 2.74 bits per heavy atom. The van der Waals surface area contributed by atoms with Gasteiger partial charge in [-0.2, -0.15) is 0 Å². The van der Waals surface area contributed by atoms with Crippen LogP contribution in [0.1, 0.15) is 10.6 Å². The molecule has 1 amide bonds. The van der Waals surface area contributed by atoms with Crippen molar-refractivity contribution >= 4 is 33.5 Å². The van der Waals surface area contributed by atoms with Crippen molar-refractivity contribution in [1.82, 2.24) is 4.72 Å². The molecule has 0 fully saturated rings. The summed E-state index contributed by atoms with van der Waals surface area (Å²) in [7, 11) is 1.93. The minimum Gasteiger partial charge on any atom is -0.490 e. The molecule has 1 heterocycles. The van der Waals surface area contributed by atoms with Gasteiger partial charge in [-0.1, -0.05) is 12.1 Å². The number of para-hydroxylation sites is 1. The number of hydrogen-bond acceptors (Lipinski definition) is 5. The first kappa shape index (κ1) is 18.9. The van der Waals surface area contributed by atoms with Crippen LogP contribution in [0.5, 0.6) is 5.75 Å². The van der Waals surface area contributed by atoms with Gasteiger partial charge in [0.2, 0.25) is 0 Å². The Balaban J connectivity index is 1.79. The van der Waals surface area contributed by atoms with E-state index in [0.717, 1.165) is 11.1 Å². The summed E-state index contributed by atoms with van der Waals surface area (Å²) in [6, 6.07) is 13.6. The molecule has 0 radical (unpaired) electrons. The maximum absolute atomic E-state index is 12.5. The van der Waals surface area contributed by atoms with E-state index < -0.39 is 23.6 Å². The molecule has 0 saturated carbocycles. The third kappa shape index (κ3) is 4.28. The van der Waals surface area contributed by atoms with Gasteiger partial charge in [-0.3, -0.25) is 9.52 Å². The van der Waals surface area contributed by atoms with E-state index in [1.165, 1.54) is 0 Å². The predicted molar refractivity (Wildman–Crippen MR) is 102 cm³/mol. The van der Waals surface area contributed by atoms with Gasteiger partial charge in [0, 0.05) is 31.2 Å². The number of carbonyl (C=O) groups is 1. The van der Waals surface area contributed by atoms with Gasteiger partial charge in [-0.05, 0) is 30.3 Å². The normalized spacial score (nSPS) is 12.0. The molecule has 6 nitrogen and oxygen atoms in total. The van der Waals surface area contributed by atoms with Gasteiger partial charge in [0.1, 0.15) is 29.5 Å². The average molecular weight is 390 g/mol. The molecule has 0 aliphatic carbocycles. The predicted octanol–water partition coefficient (Wildman–Crippen LogP) is 3.30. The number of hydrogen-bond donors (Lipinski definition) is 1. The number of carbonyl (C=O) groups excluding carboxylic acids is 1. The molecule has 142 valence electrons. The number of nitrogens with zero attached hydrogens (tertiary/aromatic N) is 1. The largest absolute Gasteiger partial charge is 0.490 e. The second kappa shape index (κ2) is 8.22. The minimum absolute atomic E-state index is 0.0522. The third-order valence-corrected chi connectivity index (χ3v) is 4.92. The fourth-order valence-electron chi connectivity index (χ4n) is 2.47. The van der Waals surface area contributed by atoms with Crippen molar-refractivity contribution in [3.63, 3.8) is 0 Å². The molecular weight excluding hydrogens is 371 g/mol. The summed E-state index contributed by atoms with van der Waals surface area (Å²) in [4.78, 5) is 14.6. The number of rotatable bonds is 7. The highest BCUT2D eigenvalue weighted by molar-refractivity contribution is 7.83. The Labute approximate surface area is 158 Å². The number of furan rings is 1. The van der Waals surface area contributed by atoms with E-state index in [1.54, 1.807) is 30.3 Å². The van der Waals surface area contributed by atoms with Crippen LogP contribution in [0.15, 0.2) is 57.8 Å². The van der Waals surface area contributed by atoms with Crippen LogP contribution in [0.3, 0.4) is 0 Å². The molecule has 1 unspecified atom stereocenters. The highest BCUT2D eigenvalue weighted by Gasteiger charge is 2.18. The summed E-state index contributed by atoms with van der Waals surface area (Å²) in [5, 5.41) is 0.767. The summed E-state index contributed by atoms with van der Waals surface area (Å²) in [6.45, 7) is -0.818. The Morgan fingerprint density at radius 2 is 2.00 bits per heavy atom. The Kier molecular flexibility index (Phi) is 5.75. The van der Waals surface area contributed by atoms with Gasteiger partial charge in [0.25, 0.3) is 5.91 Å². The standard InChI is InChI=1S/C19H19FN2O4S/c1-22(2)14-8-7-13-11-17(26-16(13)12-14)19(23)21-27(24)18-6-4-3-5-15(18)25-10-9-20/h3-8,11-12H,9-10H2,1-2H3,(H,21,23). The van der Waals surface area contributed by atoms with E-state index in [4.69, 9.17) is 9.15 Å². The van der Waals surface area contributed by atoms with Crippen molar-refractivity contribution in [1.29, 1.82) is 0 Å². The molecule has 0 aliphatic heterocycles. The third-order valence-electron chi connectivity index (χ3n) is 3.81. The van der Waals surface area contributed by atoms with Gasteiger partial charge in [-0.15, -0.1) is 0 Å². The van der Waals surface area contributed by atoms with Crippen molar-refractivity contribution in [3.8, 4) is 5.75 Å². The van der Waals surface area contributed by atoms with E-state index in [2.05, 4.69) is 4.72 Å². The first-order chi connectivity index (χ1) is 13.0. The minimum atomic E-state index is -1.88. The van der Waals surface area contributed by atoms with Gasteiger partial charge >= 0.3 is 0 Å². The van der Waals surface area contributed by atoms with Crippen LogP contribution in [-0.4, -0.2) is 37.5 Å². The van der Waals surface area contributed by atoms with Crippen LogP contribution in [0.4, 0.5) is 10.1 Å². The van der Waals surface area contributed by atoms with Crippen LogP contribution >= 0.6 is 0 Å². The van der Waals surface area contributed by atoms with Crippen molar-refractivity contribution in [3.05, 3.63) is 54.3 Å². The van der Waals surface area contributed by atoms with Crippen LogP contribution < -0.4 is 14.4 Å². The molecule has 3 rings (SSSR count). The lowest BCUT2D eigenvalue weighted by Gasteiger charge is -2.11. The molecule has 0 bridgehead atoms. The summed E-state index contributed by atoms with van der Waals surface area (Å²) >= 11 is 0. The Morgan fingerprint density at radius 1 is 1.22 bits per heavy atom. The van der Waals surface area contributed by atoms with Crippen molar-refractivity contribution in [2.75, 3.05) is 32.3 Å². The zero-order valence-electron chi connectivity index (χ0n) is 14.9. The lowest BCUT2D eigenvalue weighted by atomic mass is 10.2. The number of fused-ring (bicyclic) bond motifs is 1. The highest BCUT2D eigenvalue weighted by Crippen LogP contribution is 2.25. The molecule has 27 heavy (non-hydrogen) atoms. The second-order valence-electron chi connectivity index (χ2n) is 5.91. The van der Waals surface area contributed by atoms with Crippen LogP contribution in [0, 0.1) is 0 Å². The van der Waals surface area contributed by atoms with Gasteiger partial charge in [-0.25, -0.2) is 8.60 Å². The maximum Gasteiger partial charge on any atom is 0.298 e. The summed E-state index contributed by atoms with van der Waals surface area (Å²) in [5.74, 6) is -0.304. The number of amides is 1. The van der Waals surface area contributed by atoms with E-state index >= 15 is 0 Å². The maximum atomic E-state index is 12.5. The number of ether oxygens (including phenoxy) is 1. The highest BCUT2D eigenvalue weighted by atomic mass is 32.2. The quantitative estimate of drug-likeness (QED) is 0.670. The molecule has 1 aromatic heterocycles. The smallest absolute Gasteiger partial charge is 0.298 e. The Hall–Kier alpha value is -2.87. The number of nitrogens with one attached hydrogen (secondary N) is 1. The number of alkyl halides is 1. The van der Waals surface area contributed by atoms with Gasteiger partial charge in [0.15, 0.2) is 16.7 Å². The summed E-state index contributed by atoms with van der Waals surface area (Å²) < 4.78 is 38.1. The molecule has 8 heteroatoms. The zero-order valence-corrected chi connectivity index (χ0v) is 15.7. The topological polar surface area (TPSA) is 71.8 Å². The molecular formula is C19H19FN2O4S. The molecule has 1 N–H and O–H groups in total. The SMILES string of the molecule is CN(C)c1ccc2cc(C(=O)NS(=O)c3ccccc3OCCF)oc2c1. The molecule has 3 aromatic rings. The molecule has 0 spiro atoms. The average Bonchev–Trinajstić information content (AvgIpc) is 3.10. The van der Waals surface area contributed by atoms with E-state index in [9.17, 15) is 13.4 Å². The monoisotopic (exact) mass is 390 g/mol. The Bertz CT molecular complexity index is 987. The van der Waals surface area contributed by atoms with Crippen LogP contribution in [-0.2, 0) is 11.0 Å². The number of halogens is 1. The fraction of sp³-hybridized carbons (Fsp3) is 0.211. The zero-order chi connectivity index (χ0) is 19.4. The van der Waals surface area contributed by atoms with Gasteiger partial charge < -0.3 is 14.1 Å². The molecule has 0 saturated heterocycles. The van der Waals surface area contributed by atoms with Crippen molar-refractivity contribution in [2.45, 2.75) is 4.90 Å². The fourth-order valence-corrected chi connectivity index (χ4v) is 3.36. The van der Waals surface area contributed by atoms with E-state index in [1.807, 2.05) is 37.2 Å². The van der Waals surface area contributed by atoms with E-state index in [0.29, 0.717) is 5.58 Å². The summed E-state index contributed by atoms with van der Waals surface area (Å²) in [5.41, 5.74) is 1.50. The lowest BCUT2D eigenvalue weighted by molar-refractivity contribution is 0.0958. The van der Waals surface area contributed by atoms with Crippen LogP contribution in [0.2, 0.25) is 0 Å². The first-order valence-electron chi connectivity index (χ1n) is 8.21. The molecule has 1 atom stereocenters. The number of benzene rings is 2. The lowest BCUT2D eigenvalue weighted by Crippen LogP contribution is -2.25. The number of anilines is 1. The molecule has 0 aliphatic rings. The van der Waals surface area contributed by atoms with Crippen molar-refractivity contribution in [2.24, 2.45) is 0 Å². The second-order valence-corrected chi connectivity index (χ2v) is 7.09. The summed E-state index contributed by atoms with van der Waals surface area (Å²) in [6.07, 6.45) is 0. The van der Waals surface area contributed by atoms with E-state index in [-0.39, 0.29) is 23.0 Å². The van der Waals surface area contributed by atoms with Crippen LogP contribution in [0.25, 0.3) is 11.0 Å². The first-order valence-corrected chi connectivity index (χ1v) is 9.36.